The van der Waals surface area contributed by atoms with Crippen molar-refractivity contribution in [3.8, 4) is 0 Å². The molecule has 6 nitrogen and oxygen atoms in total. The maximum Gasteiger partial charge on any atom is 0.290 e. The van der Waals surface area contributed by atoms with E-state index in [4.69, 9.17) is 4.74 Å². The van der Waals surface area contributed by atoms with Crippen molar-refractivity contribution in [3.05, 3.63) is 30.6 Å². The van der Waals surface area contributed by atoms with Gasteiger partial charge in [0.05, 0.1) is 5.52 Å². The van der Waals surface area contributed by atoms with E-state index in [0.29, 0.717) is 11.9 Å². The average molecular weight is 311 g/mol. The highest BCUT2D eigenvalue weighted by molar-refractivity contribution is 5.90. The van der Waals surface area contributed by atoms with Crippen LogP contribution in [0.2, 0.25) is 0 Å². The molecule has 1 atom stereocenters. The van der Waals surface area contributed by atoms with Crippen LogP contribution in [0.25, 0.3) is 10.9 Å². The third-order valence-electron chi connectivity index (χ3n) is 4.79. The summed E-state index contributed by atoms with van der Waals surface area (Å²) >= 11 is 0. The van der Waals surface area contributed by atoms with Gasteiger partial charge in [-0.15, -0.1) is 0 Å². The smallest absolute Gasteiger partial charge is 0.290 e. The highest BCUT2D eigenvalue weighted by Gasteiger charge is 2.36. The quantitative estimate of drug-likeness (QED) is 0.680. The molecule has 0 spiro atoms. The number of amidine groups is 1. The van der Waals surface area contributed by atoms with Crippen molar-refractivity contribution < 1.29 is 4.74 Å². The second kappa shape index (κ2) is 6.12. The van der Waals surface area contributed by atoms with Gasteiger partial charge in [0, 0.05) is 31.4 Å². The molecule has 0 aromatic carbocycles. The Morgan fingerprint density at radius 3 is 2.91 bits per heavy atom. The summed E-state index contributed by atoms with van der Waals surface area (Å²) in [6, 6.07) is 6.37. The number of fused-ring (bicyclic) bond motifs is 4. The first-order chi connectivity index (χ1) is 11.3. The molecular formula is C17H21N5O. The highest BCUT2D eigenvalue weighted by atomic mass is 16.5. The van der Waals surface area contributed by atoms with Crippen LogP contribution < -0.4 is 5.32 Å². The number of aliphatic imine (C=N–C) groups is 1. The number of rotatable bonds is 2. The van der Waals surface area contributed by atoms with Crippen LogP contribution in [0.5, 0.6) is 0 Å². The molecule has 3 saturated heterocycles. The van der Waals surface area contributed by atoms with Crippen LogP contribution in [0, 0.1) is 5.92 Å². The average Bonchev–Trinajstić information content (AvgIpc) is 2.62. The van der Waals surface area contributed by atoms with Crippen molar-refractivity contribution in [2.45, 2.75) is 18.9 Å². The lowest BCUT2D eigenvalue weighted by atomic mass is 9.86. The summed E-state index contributed by atoms with van der Waals surface area (Å²) in [4.78, 5) is 15.4. The molecule has 5 rings (SSSR count). The third-order valence-corrected chi connectivity index (χ3v) is 4.79. The zero-order chi connectivity index (χ0) is 15.6. The van der Waals surface area contributed by atoms with E-state index >= 15 is 0 Å². The summed E-state index contributed by atoms with van der Waals surface area (Å²) in [5.41, 5.74) is 0.906. The Bertz CT molecular complexity index is 724. The van der Waals surface area contributed by atoms with Crippen LogP contribution in [0.1, 0.15) is 12.8 Å². The van der Waals surface area contributed by atoms with E-state index < -0.39 is 0 Å². The normalized spacial score (nSPS) is 27.2. The van der Waals surface area contributed by atoms with Gasteiger partial charge in [-0.2, -0.15) is 0 Å². The fourth-order valence-corrected chi connectivity index (χ4v) is 3.47. The van der Waals surface area contributed by atoms with Crippen LogP contribution in [0.15, 0.2) is 35.6 Å². The zero-order valence-electron chi connectivity index (χ0n) is 13.3. The van der Waals surface area contributed by atoms with E-state index in [1.165, 1.54) is 25.9 Å². The molecule has 6 heteroatoms. The Hall–Kier alpha value is -2.21. The van der Waals surface area contributed by atoms with Gasteiger partial charge in [-0.25, -0.2) is 9.98 Å². The summed E-state index contributed by atoms with van der Waals surface area (Å²) < 4.78 is 6.14. The molecular weight excluding hydrogens is 290 g/mol. The van der Waals surface area contributed by atoms with Crippen LogP contribution in [0.4, 0.5) is 5.82 Å². The first-order valence-electron chi connectivity index (χ1n) is 8.15. The van der Waals surface area contributed by atoms with Crippen molar-refractivity contribution >= 4 is 22.7 Å². The van der Waals surface area contributed by atoms with Crippen molar-refractivity contribution in [1.82, 2.24) is 14.9 Å². The second-order valence-electron chi connectivity index (χ2n) is 6.21. The molecule has 0 amide bonds. The van der Waals surface area contributed by atoms with Crippen molar-refractivity contribution in [3.63, 3.8) is 0 Å². The minimum absolute atomic E-state index is 0.230. The van der Waals surface area contributed by atoms with Gasteiger partial charge >= 0.3 is 0 Å². The van der Waals surface area contributed by atoms with E-state index in [2.05, 4.69) is 25.2 Å². The number of aromatic nitrogens is 2. The Morgan fingerprint density at radius 2 is 2.17 bits per heavy atom. The van der Waals surface area contributed by atoms with Crippen molar-refractivity contribution in [1.29, 1.82) is 0 Å². The van der Waals surface area contributed by atoms with Crippen molar-refractivity contribution in [2.75, 3.05) is 32.0 Å². The molecule has 2 aromatic heterocycles. The van der Waals surface area contributed by atoms with Crippen molar-refractivity contribution in [2.24, 2.45) is 10.9 Å². The number of piperidine rings is 3. The molecule has 0 radical (unpaired) electrons. The summed E-state index contributed by atoms with van der Waals surface area (Å²) in [7, 11) is 1.74. The molecule has 0 aliphatic carbocycles. The fourth-order valence-electron chi connectivity index (χ4n) is 3.47. The highest BCUT2D eigenvalue weighted by Crippen LogP contribution is 2.29. The number of nitrogens with one attached hydrogen (secondary N) is 1. The molecule has 3 fully saturated rings. The monoisotopic (exact) mass is 311 g/mol. The number of anilines is 1. The molecule has 3 aliphatic rings. The van der Waals surface area contributed by atoms with Gasteiger partial charge in [0.2, 0.25) is 0 Å². The number of hydrogen-bond donors (Lipinski definition) is 1. The molecule has 3 aliphatic heterocycles. The largest absolute Gasteiger partial charge is 0.460 e. The summed E-state index contributed by atoms with van der Waals surface area (Å²) in [6.07, 6.45) is 6.24. The molecule has 5 heterocycles. The summed E-state index contributed by atoms with van der Waals surface area (Å²) in [5, 5.41) is 4.23. The molecule has 0 saturated carbocycles. The third kappa shape index (κ3) is 2.99. The predicted octanol–water partition coefficient (Wildman–Crippen LogP) is 2.14. The first kappa shape index (κ1) is 14.4. The topological polar surface area (TPSA) is 62.6 Å². The van der Waals surface area contributed by atoms with Crippen LogP contribution >= 0.6 is 0 Å². The molecule has 2 bridgehead atoms. The van der Waals surface area contributed by atoms with Gasteiger partial charge in [-0.3, -0.25) is 15.2 Å². The van der Waals surface area contributed by atoms with Gasteiger partial charge in [0.15, 0.2) is 0 Å². The van der Waals surface area contributed by atoms with Crippen LogP contribution in [-0.2, 0) is 4.74 Å². The van der Waals surface area contributed by atoms with E-state index in [1.807, 2.05) is 24.4 Å². The maximum absolute atomic E-state index is 6.14. The maximum atomic E-state index is 6.14. The minimum Gasteiger partial charge on any atom is -0.460 e. The van der Waals surface area contributed by atoms with Gasteiger partial charge in [-0.05, 0) is 50.0 Å². The summed E-state index contributed by atoms with van der Waals surface area (Å²) in [6.45, 7) is 3.41. The molecule has 0 unspecified atom stereocenters. The second-order valence-corrected chi connectivity index (χ2v) is 6.21. The number of hydrogen-bond acceptors (Lipinski definition) is 5. The summed E-state index contributed by atoms with van der Waals surface area (Å²) in [5.74, 6) is 1.39. The Labute approximate surface area is 135 Å². The van der Waals surface area contributed by atoms with Crippen LogP contribution in [-0.4, -0.2) is 53.7 Å². The number of nitrogens with zero attached hydrogens (tertiary/aromatic N) is 4. The minimum atomic E-state index is 0.230. The zero-order valence-corrected chi connectivity index (χ0v) is 13.3. The standard InChI is InChI=1S/C17H21N5O/c1-18-17(23-15-11-22-8-5-12(15)6-9-22)21-16-3-2-13-10-19-7-4-14(13)20-16/h2-4,7,10,12,15H,5-6,8-9,11H2,1H3,(H,18,20,21)/t15-/m0/s1. The van der Waals surface area contributed by atoms with Crippen LogP contribution in [0.3, 0.4) is 0 Å². The van der Waals surface area contributed by atoms with E-state index in [0.717, 1.165) is 23.3 Å². The Balaban J connectivity index is 1.47. The number of pyridine rings is 2. The lowest BCUT2D eigenvalue weighted by molar-refractivity contribution is -0.0146. The van der Waals surface area contributed by atoms with Gasteiger partial charge < -0.3 is 4.74 Å². The molecule has 23 heavy (non-hydrogen) atoms. The Kier molecular flexibility index (Phi) is 3.83. The molecule has 1 N–H and O–H groups in total. The first-order valence-corrected chi connectivity index (χ1v) is 8.15. The SMILES string of the molecule is CN=C(Nc1ccc2cnccc2n1)O[C@H]1CN2CCC1CC2. The lowest BCUT2D eigenvalue weighted by Gasteiger charge is -2.44. The Morgan fingerprint density at radius 1 is 1.30 bits per heavy atom. The molecule has 120 valence electrons. The molecule has 2 aromatic rings. The number of ether oxygens (including phenoxy) is 1. The van der Waals surface area contributed by atoms with Gasteiger partial charge in [0.1, 0.15) is 11.9 Å². The van der Waals surface area contributed by atoms with Gasteiger partial charge in [-0.1, -0.05) is 0 Å². The van der Waals surface area contributed by atoms with E-state index in [-0.39, 0.29) is 6.10 Å². The fraction of sp³-hybridized carbons (Fsp3) is 0.471. The van der Waals surface area contributed by atoms with Gasteiger partial charge in [0.25, 0.3) is 6.02 Å². The van der Waals surface area contributed by atoms with E-state index in [9.17, 15) is 0 Å². The van der Waals surface area contributed by atoms with E-state index in [1.54, 1.807) is 13.2 Å². The predicted molar refractivity (Wildman–Crippen MR) is 90.6 cm³/mol. The lowest BCUT2D eigenvalue weighted by Crippen LogP contribution is -2.52.